The summed E-state index contributed by atoms with van der Waals surface area (Å²) < 4.78 is 5.75. The first kappa shape index (κ1) is 21.3. The second kappa shape index (κ2) is 9.89. The van der Waals surface area contributed by atoms with Crippen LogP contribution in [0.3, 0.4) is 0 Å². The summed E-state index contributed by atoms with van der Waals surface area (Å²) >= 11 is 1.41. The van der Waals surface area contributed by atoms with Gasteiger partial charge in [-0.15, -0.1) is 11.3 Å². The number of ether oxygens (including phenoxy) is 1. The zero-order valence-corrected chi connectivity index (χ0v) is 18.1. The lowest BCUT2D eigenvalue weighted by Crippen LogP contribution is -2.36. The van der Waals surface area contributed by atoms with E-state index in [2.05, 4.69) is 5.32 Å². The molecule has 0 spiro atoms. The number of hydrogen-bond donors (Lipinski definition) is 1. The third-order valence-corrected chi connectivity index (χ3v) is 5.90. The van der Waals surface area contributed by atoms with Crippen LogP contribution < -0.4 is 10.2 Å². The van der Waals surface area contributed by atoms with Crippen LogP contribution in [-0.4, -0.2) is 50.1 Å². The molecule has 3 rings (SSSR count). The van der Waals surface area contributed by atoms with Crippen LogP contribution >= 0.6 is 11.3 Å². The molecule has 2 heterocycles. The van der Waals surface area contributed by atoms with Crippen LogP contribution in [0.5, 0.6) is 0 Å². The molecular weight excluding hydrogens is 386 g/mol. The molecule has 1 aliphatic rings. The average Bonchev–Trinajstić information content (AvgIpc) is 3.41. The number of benzene rings is 1. The van der Waals surface area contributed by atoms with E-state index in [4.69, 9.17) is 4.74 Å². The lowest BCUT2D eigenvalue weighted by atomic mass is 10.1. The maximum atomic E-state index is 12.6. The molecule has 0 radical (unpaired) electrons. The highest BCUT2D eigenvalue weighted by Crippen LogP contribution is 2.26. The van der Waals surface area contributed by atoms with Crippen LogP contribution in [0.2, 0.25) is 0 Å². The third-order valence-electron chi connectivity index (χ3n) is 5.03. The Morgan fingerprint density at radius 3 is 2.72 bits per heavy atom. The Hall–Kier alpha value is -2.38. The molecule has 0 saturated carbocycles. The Kier molecular flexibility index (Phi) is 7.28. The van der Waals surface area contributed by atoms with Gasteiger partial charge in [0.05, 0.1) is 11.0 Å². The predicted octanol–water partition coefficient (Wildman–Crippen LogP) is 3.98. The SMILES string of the molecule is CCC(=O)N(Cc1cc(NC(=O)c2cccs2)ccc1N(C)C)C[C@H]1CCCO1. The highest BCUT2D eigenvalue weighted by Gasteiger charge is 2.23. The topological polar surface area (TPSA) is 61.9 Å². The summed E-state index contributed by atoms with van der Waals surface area (Å²) in [6, 6.07) is 9.51. The normalized spacial score (nSPS) is 15.9. The van der Waals surface area contributed by atoms with Crippen LogP contribution in [0.15, 0.2) is 35.7 Å². The van der Waals surface area contributed by atoms with E-state index in [-0.39, 0.29) is 17.9 Å². The van der Waals surface area contributed by atoms with Crippen molar-refractivity contribution >= 4 is 34.5 Å². The molecule has 0 aliphatic carbocycles. The number of amides is 2. The molecule has 1 aromatic carbocycles. The van der Waals surface area contributed by atoms with Crippen molar-refractivity contribution in [2.24, 2.45) is 0 Å². The fourth-order valence-electron chi connectivity index (χ4n) is 3.54. The summed E-state index contributed by atoms with van der Waals surface area (Å²) in [6.45, 7) is 3.75. The quantitative estimate of drug-likeness (QED) is 0.708. The van der Waals surface area contributed by atoms with Crippen LogP contribution in [0, 0.1) is 0 Å². The van der Waals surface area contributed by atoms with Crippen LogP contribution in [-0.2, 0) is 16.1 Å². The summed E-state index contributed by atoms with van der Waals surface area (Å²) in [5.74, 6) is -0.0115. The van der Waals surface area contributed by atoms with Gasteiger partial charge in [-0.05, 0) is 48.1 Å². The molecule has 1 saturated heterocycles. The Balaban J connectivity index is 1.81. The summed E-state index contributed by atoms with van der Waals surface area (Å²) in [6.07, 6.45) is 2.60. The Bertz CT molecular complexity index is 830. The van der Waals surface area contributed by atoms with Gasteiger partial charge in [0.15, 0.2) is 0 Å². The van der Waals surface area contributed by atoms with Gasteiger partial charge in [-0.3, -0.25) is 9.59 Å². The van der Waals surface area contributed by atoms with Gasteiger partial charge in [-0.25, -0.2) is 0 Å². The van der Waals surface area contributed by atoms with Gasteiger partial charge in [-0.1, -0.05) is 13.0 Å². The first-order valence-corrected chi connectivity index (χ1v) is 10.9. The summed E-state index contributed by atoms with van der Waals surface area (Å²) in [4.78, 5) is 29.6. The molecule has 0 bridgehead atoms. The minimum atomic E-state index is -0.121. The van der Waals surface area contributed by atoms with Gasteiger partial charge in [0, 0.05) is 51.6 Å². The molecule has 2 aromatic rings. The second-order valence-corrected chi connectivity index (χ2v) is 8.38. The van der Waals surface area contributed by atoms with Gasteiger partial charge in [0.25, 0.3) is 5.91 Å². The smallest absolute Gasteiger partial charge is 0.265 e. The van der Waals surface area contributed by atoms with Crippen molar-refractivity contribution in [3.05, 3.63) is 46.2 Å². The number of nitrogens with one attached hydrogen (secondary N) is 1. The van der Waals surface area contributed by atoms with Crippen molar-refractivity contribution in [3.8, 4) is 0 Å². The molecule has 1 aromatic heterocycles. The molecule has 2 amide bonds. The van der Waals surface area contributed by atoms with E-state index < -0.39 is 0 Å². The molecule has 6 nitrogen and oxygen atoms in total. The van der Waals surface area contributed by atoms with Crippen molar-refractivity contribution in [3.63, 3.8) is 0 Å². The molecule has 7 heteroatoms. The number of hydrogen-bond acceptors (Lipinski definition) is 5. The first-order valence-electron chi connectivity index (χ1n) is 10.0. The Morgan fingerprint density at radius 1 is 1.28 bits per heavy atom. The fourth-order valence-corrected chi connectivity index (χ4v) is 4.16. The molecule has 1 aliphatic heterocycles. The monoisotopic (exact) mass is 415 g/mol. The number of anilines is 2. The number of carbonyl (C=O) groups excluding carboxylic acids is 2. The van der Waals surface area contributed by atoms with E-state index in [1.165, 1.54) is 11.3 Å². The minimum absolute atomic E-state index is 0.107. The van der Waals surface area contributed by atoms with Crippen molar-refractivity contribution in [1.29, 1.82) is 0 Å². The molecule has 1 atom stereocenters. The average molecular weight is 416 g/mol. The predicted molar refractivity (Wildman–Crippen MR) is 118 cm³/mol. The van der Waals surface area contributed by atoms with Crippen molar-refractivity contribution < 1.29 is 14.3 Å². The third kappa shape index (κ3) is 5.58. The van der Waals surface area contributed by atoms with Crippen molar-refractivity contribution in [1.82, 2.24) is 4.90 Å². The minimum Gasteiger partial charge on any atom is -0.377 e. The standard InChI is InChI=1S/C22H29N3O3S/c1-4-21(26)25(15-18-7-5-11-28-18)14-16-13-17(9-10-19(16)24(2)3)23-22(27)20-8-6-12-29-20/h6,8-10,12-13,18H,4-5,7,11,14-15H2,1-3H3,(H,23,27)/t18-/m1/s1. The highest BCUT2D eigenvalue weighted by atomic mass is 32.1. The lowest BCUT2D eigenvalue weighted by molar-refractivity contribution is -0.133. The van der Waals surface area contributed by atoms with Crippen LogP contribution in [0.1, 0.15) is 41.4 Å². The first-order chi connectivity index (χ1) is 14.0. The van der Waals surface area contributed by atoms with E-state index in [0.717, 1.165) is 36.4 Å². The van der Waals surface area contributed by atoms with Crippen LogP contribution in [0.25, 0.3) is 0 Å². The van der Waals surface area contributed by atoms with Gasteiger partial charge in [0.1, 0.15) is 0 Å². The van der Waals surface area contributed by atoms with Gasteiger partial charge in [-0.2, -0.15) is 0 Å². The number of nitrogens with zero attached hydrogens (tertiary/aromatic N) is 2. The summed E-state index contributed by atoms with van der Waals surface area (Å²) in [7, 11) is 3.96. The highest BCUT2D eigenvalue weighted by molar-refractivity contribution is 7.12. The number of thiophene rings is 1. The summed E-state index contributed by atoms with van der Waals surface area (Å²) in [5.41, 5.74) is 2.75. The number of rotatable bonds is 8. The molecule has 156 valence electrons. The molecule has 29 heavy (non-hydrogen) atoms. The molecule has 1 N–H and O–H groups in total. The maximum absolute atomic E-state index is 12.6. The molecule has 0 unspecified atom stereocenters. The molecular formula is C22H29N3O3S. The Labute approximate surface area is 176 Å². The van der Waals surface area contributed by atoms with Crippen molar-refractivity contribution in [2.75, 3.05) is 37.5 Å². The van der Waals surface area contributed by atoms with E-state index in [1.807, 2.05) is 60.5 Å². The van der Waals surface area contributed by atoms with E-state index in [1.54, 1.807) is 6.07 Å². The van der Waals surface area contributed by atoms with E-state index in [0.29, 0.717) is 24.4 Å². The van der Waals surface area contributed by atoms with E-state index >= 15 is 0 Å². The summed E-state index contributed by atoms with van der Waals surface area (Å²) in [5, 5.41) is 4.85. The second-order valence-electron chi connectivity index (χ2n) is 7.43. The lowest BCUT2D eigenvalue weighted by Gasteiger charge is -2.28. The van der Waals surface area contributed by atoms with Gasteiger partial charge in [0.2, 0.25) is 5.91 Å². The fraction of sp³-hybridized carbons (Fsp3) is 0.455. The maximum Gasteiger partial charge on any atom is 0.265 e. The zero-order valence-electron chi connectivity index (χ0n) is 17.3. The molecule has 1 fully saturated rings. The zero-order chi connectivity index (χ0) is 20.8. The van der Waals surface area contributed by atoms with E-state index in [9.17, 15) is 9.59 Å². The number of carbonyl (C=O) groups is 2. The van der Waals surface area contributed by atoms with Gasteiger partial charge >= 0.3 is 0 Å². The van der Waals surface area contributed by atoms with Crippen molar-refractivity contribution in [2.45, 2.75) is 38.8 Å². The van der Waals surface area contributed by atoms with Crippen LogP contribution in [0.4, 0.5) is 11.4 Å². The largest absolute Gasteiger partial charge is 0.377 e. The van der Waals surface area contributed by atoms with Gasteiger partial charge < -0.3 is 19.9 Å². The Morgan fingerprint density at radius 2 is 2.10 bits per heavy atom.